The van der Waals surface area contributed by atoms with Crippen LogP contribution >= 0.6 is 0 Å². The van der Waals surface area contributed by atoms with Crippen molar-refractivity contribution in [3.63, 3.8) is 0 Å². The van der Waals surface area contributed by atoms with Crippen LogP contribution in [0.1, 0.15) is 18.9 Å². The predicted molar refractivity (Wildman–Crippen MR) is 63.1 cm³/mol. The Kier molecular flexibility index (Phi) is 5.42. The van der Waals surface area contributed by atoms with E-state index in [-0.39, 0.29) is 31.3 Å². The van der Waals surface area contributed by atoms with Gasteiger partial charge in [0.25, 0.3) is 0 Å². The number of benzene rings is 1. The van der Waals surface area contributed by atoms with Crippen molar-refractivity contribution in [1.29, 1.82) is 0 Å². The summed E-state index contributed by atoms with van der Waals surface area (Å²) in [6.07, 6.45) is 0.258. The molecule has 0 aliphatic heterocycles. The maximum absolute atomic E-state index is 13.3. The first-order chi connectivity index (χ1) is 8.17. The maximum atomic E-state index is 13.3. The van der Waals surface area contributed by atoms with Crippen molar-refractivity contribution in [2.24, 2.45) is 5.73 Å². The molecule has 5 heteroatoms. The Morgan fingerprint density at radius 2 is 2.29 bits per heavy atom. The van der Waals surface area contributed by atoms with Crippen LogP contribution in [0.2, 0.25) is 0 Å². The highest BCUT2D eigenvalue weighted by molar-refractivity contribution is 5.75. The van der Waals surface area contributed by atoms with Crippen molar-refractivity contribution >= 4 is 5.91 Å². The summed E-state index contributed by atoms with van der Waals surface area (Å²) in [6, 6.07) is 4.50. The molecule has 0 aliphatic rings. The van der Waals surface area contributed by atoms with E-state index in [9.17, 15) is 9.18 Å². The number of amides is 1. The Balaban J connectivity index is 2.42. The van der Waals surface area contributed by atoms with Crippen molar-refractivity contribution in [2.45, 2.75) is 19.9 Å². The van der Waals surface area contributed by atoms with Crippen LogP contribution in [0.5, 0.6) is 5.75 Å². The molecule has 0 radical (unpaired) electrons. The highest BCUT2D eigenvalue weighted by Gasteiger charge is 2.04. The Hall–Kier alpha value is -1.62. The number of carbonyl (C=O) groups is 1. The average Bonchev–Trinajstić information content (AvgIpc) is 2.29. The van der Waals surface area contributed by atoms with E-state index >= 15 is 0 Å². The Morgan fingerprint density at radius 1 is 1.53 bits per heavy atom. The van der Waals surface area contributed by atoms with Gasteiger partial charge < -0.3 is 15.8 Å². The summed E-state index contributed by atoms with van der Waals surface area (Å²) >= 11 is 0. The largest absolute Gasteiger partial charge is 0.493 e. The van der Waals surface area contributed by atoms with Crippen LogP contribution in [0.4, 0.5) is 4.39 Å². The molecule has 0 spiro atoms. The van der Waals surface area contributed by atoms with E-state index in [1.165, 1.54) is 6.07 Å². The van der Waals surface area contributed by atoms with Gasteiger partial charge in [-0.25, -0.2) is 4.39 Å². The van der Waals surface area contributed by atoms with E-state index in [0.29, 0.717) is 17.9 Å². The first kappa shape index (κ1) is 13.4. The number of nitrogens with two attached hydrogens (primary N) is 1. The summed E-state index contributed by atoms with van der Waals surface area (Å²) in [5.74, 6) is -0.0569. The average molecular weight is 240 g/mol. The second-order valence-corrected chi connectivity index (χ2v) is 3.51. The highest BCUT2D eigenvalue weighted by atomic mass is 19.1. The zero-order valence-corrected chi connectivity index (χ0v) is 9.83. The molecule has 1 aromatic rings. The van der Waals surface area contributed by atoms with Gasteiger partial charge in [0.05, 0.1) is 13.0 Å². The number of nitrogens with one attached hydrogen (secondary N) is 1. The van der Waals surface area contributed by atoms with E-state index in [1.54, 1.807) is 12.1 Å². The molecule has 1 amide bonds. The molecule has 0 saturated carbocycles. The van der Waals surface area contributed by atoms with Crippen LogP contribution < -0.4 is 15.8 Å². The van der Waals surface area contributed by atoms with Gasteiger partial charge in [-0.15, -0.1) is 0 Å². The van der Waals surface area contributed by atoms with Gasteiger partial charge in [-0.1, -0.05) is 6.07 Å². The maximum Gasteiger partial charge on any atom is 0.223 e. The molecular formula is C12H17FN2O2. The molecule has 1 rings (SSSR count). The van der Waals surface area contributed by atoms with Gasteiger partial charge in [-0.2, -0.15) is 0 Å². The Bertz CT molecular complexity index is 383. The van der Waals surface area contributed by atoms with Crippen LogP contribution in [0.3, 0.4) is 0 Å². The SMILES string of the molecule is CCNC(=O)CCOc1ccc(CN)c(F)c1. The molecule has 0 heterocycles. The molecule has 0 aliphatic carbocycles. The lowest BCUT2D eigenvalue weighted by atomic mass is 10.2. The van der Waals surface area contributed by atoms with Crippen molar-refractivity contribution in [3.8, 4) is 5.75 Å². The third-order valence-corrected chi connectivity index (χ3v) is 2.22. The second-order valence-electron chi connectivity index (χ2n) is 3.51. The minimum Gasteiger partial charge on any atom is -0.493 e. The first-order valence-corrected chi connectivity index (χ1v) is 5.55. The molecule has 0 atom stereocenters. The number of halogens is 1. The minimum atomic E-state index is -0.386. The van der Waals surface area contributed by atoms with Gasteiger partial charge in [-0.05, 0) is 13.0 Å². The lowest BCUT2D eigenvalue weighted by molar-refractivity contribution is -0.121. The standard InChI is InChI=1S/C12H17FN2O2/c1-2-15-12(16)5-6-17-10-4-3-9(8-14)11(13)7-10/h3-4,7H,2,5-6,8,14H2,1H3,(H,15,16). The third kappa shape index (κ3) is 4.40. The Morgan fingerprint density at radius 3 is 2.88 bits per heavy atom. The summed E-state index contributed by atoms with van der Waals surface area (Å²) in [7, 11) is 0. The van der Waals surface area contributed by atoms with Crippen molar-refractivity contribution < 1.29 is 13.9 Å². The molecule has 0 bridgehead atoms. The van der Waals surface area contributed by atoms with Crippen molar-refractivity contribution in [2.75, 3.05) is 13.2 Å². The van der Waals surface area contributed by atoms with Crippen LogP contribution in [-0.2, 0) is 11.3 Å². The quantitative estimate of drug-likeness (QED) is 0.785. The fourth-order valence-electron chi connectivity index (χ4n) is 1.33. The highest BCUT2D eigenvalue weighted by Crippen LogP contribution is 2.16. The van der Waals surface area contributed by atoms with E-state index < -0.39 is 0 Å². The number of ether oxygens (including phenoxy) is 1. The van der Waals surface area contributed by atoms with Crippen LogP contribution in [0, 0.1) is 5.82 Å². The lowest BCUT2D eigenvalue weighted by Crippen LogP contribution is -2.24. The fraction of sp³-hybridized carbons (Fsp3) is 0.417. The molecule has 17 heavy (non-hydrogen) atoms. The minimum absolute atomic E-state index is 0.0773. The smallest absolute Gasteiger partial charge is 0.223 e. The van der Waals surface area contributed by atoms with Gasteiger partial charge in [0, 0.05) is 24.7 Å². The zero-order valence-electron chi connectivity index (χ0n) is 9.83. The normalized spacial score (nSPS) is 10.1. The fourth-order valence-corrected chi connectivity index (χ4v) is 1.33. The Labute approximate surface area is 100.0 Å². The third-order valence-electron chi connectivity index (χ3n) is 2.22. The van der Waals surface area contributed by atoms with Gasteiger partial charge >= 0.3 is 0 Å². The molecule has 1 aromatic carbocycles. The van der Waals surface area contributed by atoms with Gasteiger partial charge in [0.15, 0.2) is 0 Å². The summed E-state index contributed by atoms with van der Waals surface area (Å²) in [4.78, 5) is 11.1. The van der Waals surface area contributed by atoms with Crippen LogP contribution in [-0.4, -0.2) is 19.1 Å². The lowest BCUT2D eigenvalue weighted by Gasteiger charge is -2.07. The van der Waals surface area contributed by atoms with E-state index in [4.69, 9.17) is 10.5 Å². The monoisotopic (exact) mass is 240 g/mol. The summed E-state index contributed by atoms with van der Waals surface area (Å²) in [6.45, 7) is 2.83. The molecule has 0 unspecified atom stereocenters. The summed E-state index contributed by atoms with van der Waals surface area (Å²) in [5.41, 5.74) is 5.79. The number of hydrogen-bond donors (Lipinski definition) is 2. The topological polar surface area (TPSA) is 64.3 Å². The molecular weight excluding hydrogens is 223 g/mol. The molecule has 94 valence electrons. The van der Waals surface area contributed by atoms with Crippen LogP contribution in [0.15, 0.2) is 18.2 Å². The molecule has 0 fully saturated rings. The first-order valence-electron chi connectivity index (χ1n) is 5.55. The van der Waals surface area contributed by atoms with E-state index in [0.717, 1.165) is 0 Å². The molecule has 0 aromatic heterocycles. The summed E-state index contributed by atoms with van der Waals surface area (Å²) in [5, 5.41) is 2.65. The summed E-state index contributed by atoms with van der Waals surface area (Å²) < 4.78 is 18.6. The van der Waals surface area contributed by atoms with Gasteiger partial charge in [-0.3, -0.25) is 4.79 Å². The predicted octanol–water partition coefficient (Wildman–Crippen LogP) is 1.19. The van der Waals surface area contributed by atoms with E-state index in [2.05, 4.69) is 5.32 Å². The number of carbonyl (C=O) groups excluding carboxylic acids is 1. The van der Waals surface area contributed by atoms with Crippen LogP contribution in [0.25, 0.3) is 0 Å². The molecule has 0 saturated heterocycles. The number of rotatable bonds is 6. The molecule has 4 nitrogen and oxygen atoms in total. The van der Waals surface area contributed by atoms with Gasteiger partial charge in [0.1, 0.15) is 11.6 Å². The second kappa shape index (κ2) is 6.85. The zero-order chi connectivity index (χ0) is 12.7. The molecule has 3 N–H and O–H groups in total. The van der Waals surface area contributed by atoms with E-state index in [1.807, 2.05) is 6.92 Å². The van der Waals surface area contributed by atoms with Gasteiger partial charge in [0.2, 0.25) is 5.91 Å². The van der Waals surface area contributed by atoms with Crippen molar-refractivity contribution in [1.82, 2.24) is 5.32 Å². The number of hydrogen-bond acceptors (Lipinski definition) is 3. The van der Waals surface area contributed by atoms with Crippen molar-refractivity contribution in [3.05, 3.63) is 29.6 Å².